The maximum absolute atomic E-state index is 12.0. The van der Waals surface area contributed by atoms with Gasteiger partial charge >= 0.3 is 11.4 Å². The van der Waals surface area contributed by atoms with Gasteiger partial charge in [0.15, 0.2) is 0 Å². The first-order valence-electron chi connectivity index (χ1n) is 21.4. The number of nitrogens with two attached hydrogens (primary N) is 3. The third-order valence-electron chi connectivity index (χ3n) is 9.14. The molecule has 17 heteroatoms. The predicted molar refractivity (Wildman–Crippen MR) is 260 cm³/mol. The monoisotopic (exact) mass is 883 g/mol. The van der Waals surface area contributed by atoms with Crippen LogP contribution in [0.1, 0.15) is 148 Å². The molecule has 0 atom stereocenters. The number of aromatic amines is 2. The lowest BCUT2D eigenvalue weighted by molar-refractivity contribution is 0.560. The van der Waals surface area contributed by atoms with E-state index in [-0.39, 0.29) is 41.7 Å². The van der Waals surface area contributed by atoms with E-state index in [1.807, 2.05) is 79.3 Å². The minimum atomic E-state index is -0.419. The number of hydrogen-bond donors (Lipinski definition) is 5. The van der Waals surface area contributed by atoms with Gasteiger partial charge in [-0.05, 0) is 62.3 Å². The van der Waals surface area contributed by atoms with Crippen LogP contribution >= 0.6 is 0 Å². The van der Waals surface area contributed by atoms with Crippen molar-refractivity contribution >= 4 is 33.7 Å². The number of nitrogen functional groups attached to an aromatic ring is 2. The van der Waals surface area contributed by atoms with E-state index in [0.717, 1.165) is 29.4 Å². The van der Waals surface area contributed by atoms with E-state index in [1.165, 1.54) is 21.7 Å². The number of rotatable bonds is 4. The number of aromatic nitrogens is 10. The molecule has 6 aromatic heterocycles. The molecule has 0 unspecified atom stereocenters. The van der Waals surface area contributed by atoms with Crippen molar-refractivity contribution in [2.45, 2.75) is 127 Å². The van der Waals surface area contributed by atoms with Crippen LogP contribution < -0.4 is 39.7 Å². The SMILES string of the molecule is CCC#Cc1cn(C(C)C)c(=O)[nH]c1=O.CCC#Cc1cn(C(C)C)c(=O)nc1N.CCC#Cc1cn(C(C)C)c2ncnc(N)c12.Cc1nc2c(c(C#CCN)cn2C(C)C)c(=O)[nH]1. The number of H-pyrrole nitrogens is 2. The predicted octanol–water partition coefficient (Wildman–Crippen LogP) is 5.33. The van der Waals surface area contributed by atoms with Crippen LogP contribution in [0, 0.1) is 54.3 Å². The molecule has 0 bridgehead atoms. The summed E-state index contributed by atoms with van der Waals surface area (Å²) in [6.07, 6.45) is 10.8. The van der Waals surface area contributed by atoms with Gasteiger partial charge in [0.1, 0.15) is 40.6 Å². The van der Waals surface area contributed by atoms with Crippen molar-refractivity contribution in [2.24, 2.45) is 5.73 Å². The van der Waals surface area contributed by atoms with Crippen LogP contribution in [0.15, 0.2) is 50.3 Å². The van der Waals surface area contributed by atoms with E-state index < -0.39 is 11.2 Å². The van der Waals surface area contributed by atoms with Crippen molar-refractivity contribution in [1.82, 2.24) is 48.2 Å². The van der Waals surface area contributed by atoms with Crippen LogP contribution in [0.2, 0.25) is 0 Å². The van der Waals surface area contributed by atoms with E-state index >= 15 is 0 Å². The van der Waals surface area contributed by atoms with Gasteiger partial charge in [-0.3, -0.25) is 23.7 Å². The highest BCUT2D eigenvalue weighted by atomic mass is 16.2. The molecular weight excluding hydrogens is 823 g/mol. The van der Waals surface area contributed by atoms with E-state index in [2.05, 4.69) is 95.7 Å². The Morgan fingerprint density at radius 1 is 0.554 bits per heavy atom. The first kappa shape index (κ1) is 51.7. The average molecular weight is 884 g/mol. The molecule has 0 radical (unpaired) electrons. The molecule has 0 fully saturated rings. The second kappa shape index (κ2) is 24.3. The first-order valence-corrected chi connectivity index (χ1v) is 21.4. The summed E-state index contributed by atoms with van der Waals surface area (Å²) in [7, 11) is 0. The molecule has 6 heterocycles. The Kier molecular flexibility index (Phi) is 19.3. The van der Waals surface area contributed by atoms with Gasteiger partial charge in [-0.15, -0.1) is 0 Å². The van der Waals surface area contributed by atoms with Gasteiger partial charge in [-0.25, -0.2) is 24.5 Å². The summed E-state index contributed by atoms with van der Waals surface area (Å²) in [5, 5.41) is 1.40. The molecule has 0 saturated heterocycles. The fraction of sp³-hybridized carbons (Fsp3) is 0.417. The highest BCUT2D eigenvalue weighted by Gasteiger charge is 2.15. The molecule has 65 heavy (non-hydrogen) atoms. The summed E-state index contributed by atoms with van der Waals surface area (Å²) in [6, 6.07) is 0.614. The Bertz CT molecular complexity index is 3110. The molecule has 8 N–H and O–H groups in total. The molecule has 0 amide bonds. The molecule has 6 rings (SSSR count). The highest BCUT2D eigenvalue weighted by molar-refractivity contribution is 5.92. The van der Waals surface area contributed by atoms with Gasteiger partial charge in [-0.2, -0.15) is 4.98 Å². The van der Waals surface area contributed by atoms with Crippen molar-refractivity contribution in [3.63, 3.8) is 0 Å². The largest absolute Gasteiger partial charge is 0.383 e. The van der Waals surface area contributed by atoms with Crippen molar-refractivity contribution in [3.8, 4) is 47.4 Å². The number of nitrogens with one attached hydrogen (secondary N) is 2. The Morgan fingerprint density at radius 2 is 1.03 bits per heavy atom. The Hall–Kier alpha value is -7.60. The molecule has 6 aromatic rings. The molecule has 0 aliphatic carbocycles. The normalized spacial score (nSPS) is 10.3. The van der Waals surface area contributed by atoms with E-state index in [0.29, 0.717) is 51.8 Å². The van der Waals surface area contributed by atoms with E-state index in [4.69, 9.17) is 17.2 Å². The molecule has 0 aliphatic rings. The minimum Gasteiger partial charge on any atom is -0.383 e. The lowest BCUT2D eigenvalue weighted by Crippen LogP contribution is -2.31. The molecule has 0 saturated carbocycles. The maximum Gasteiger partial charge on any atom is 0.349 e. The summed E-state index contributed by atoms with van der Waals surface area (Å²) in [6.45, 7) is 23.8. The van der Waals surface area contributed by atoms with Crippen LogP contribution in [0.4, 0.5) is 11.6 Å². The quantitative estimate of drug-likeness (QED) is 0.142. The first-order chi connectivity index (χ1) is 30.8. The van der Waals surface area contributed by atoms with Crippen molar-refractivity contribution in [1.29, 1.82) is 0 Å². The number of fused-ring (bicyclic) bond motifs is 2. The Labute approximate surface area is 379 Å². The molecule has 342 valence electrons. The van der Waals surface area contributed by atoms with Crippen molar-refractivity contribution in [3.05, 3.63) is 101 Å². The average Bonchev–Trinajstić information content (AvgIpc) is 3.81. The summed E-state index contributed by atoms with van der Waals surface area (Å²) < 4.78 is 7.02. The molecule has 0 spiro atoms. The zero-order chi connectivity index (χ0) is 48.5. The van der Waals surface area contributed by atoms with Crippen molar-refractivity contribution in [2.75, 3.05) is 18.0 Å². The topological polar surface area (TPSA) is 249 Å². The standard InChI is InChI=1S/C13H16N4O.C13H16N4.C11H15N3O.C11H14N2O2/c1-8(2)17-7-10(5-4-6-14)11-12(17)15-9(3)16-13(11)18;1-4-5-6-10-7-17(9(2)3)13-11(10)12(14)15-8-16-13;1-4-5-6-9-7-14(8(2)3)11(15)13-10(9)12;1-4-5-6-9-7-13(8(2)3)11(15)12-10(9)14/h7-8H,6,14H2,1-3H3,(H,15,16,18);7-9H,4H2,1-3H3,(H2,14,15,16);7-8H,4H2,1-3H3,(H2,12,13,15);7-8H,4H2,1-3H3,(H,12,14,15). The molecule has 0 aliphatic heterocycles. The Balaban J connectivity index is 0.000000231. The Morgan fingerprint density at radius 3 is 1.57 bits per heavy atom. The fourth-order valence-corrected chi connectivity index (χ4v) is 5.95. The van der Waals surface area contributed by atoms with Gasteiger partial charge in [0.25, 0.3) is 11.1 Å². The second-order valence-corrected chi connectivity index (χ2v) is 15.5. The third-order valence-corrected chi connectivity index (χ3v) is 9.14. The molecular formula is C48H61N13O4. The number of nitrogens with zero attached hydrogens (tertiary/aromatic N) is 8. The summed E-state index contributed by atoms with van der Waals surface area (Å²) in [5.41, 5.74) is 19.7. The molecule has 17 nitrogen and oxygen atoms in total. The summed E-state index contributed by atoms with van der Waals surface area (Å²) in [4.78, 5) is 67.6. The zero-order valence-corrected chi connectivity index (χ0v) is 39.5. The van der Waals surface area contributed by atoms with Crippen LogP contribution in [-0.4, -0.2) is 54.7 Å². The van der Waals surface area contributed by atoms with Crippen LogP contribution in [-0.2, 0) is 0 Å². The van der Waals surface area contributed by atoms with Crippen molar-refractivity contribution < 1.29 is 0 Å². The number of aryl methyl sites for hydroxylation is 1. The van der Waals surface area contributed by atoms with Gasteiger partial charge in [0, 0.05) is 68.2 Å². The van der Waals surface area contributed by atoms with Crippen LogP contribution in [0.3, 0.4) is 0 Å². The fourth-order valence-electron chi connectivity index (χ4n) is 5.95. The van der Waals surface area contributed by atoms with Gasteiger partial charge in [-0.1, -0.05) is 68.1 Å². The lowest BCUT2D eigenvalue weighted by Gasteiger charge is -2.09. The van der Waals surface area contributed by atoms with Crippen LogP contribution in [0.5, 0.6) is 0 Å². The zero-order valence-electron chi connectivity index (χ0n) is 39.5. The number of anilines is 2. The highest BCUT2D eigenvalue weighted by Crippen LogP contribution is 2.26. The summed E-state index contributed by atoms with van der Waals surface area (Å²) >= 11 is 0. The summed E-state index contributed by atoms with van der Waals surface area (Å²) in [5.74, 6) is 24.5. The maximum atomic E-state index is 12.0. The third kappa shape index (κ3) is 13.7. The molecule has 0 aromatic carbocycles. The number of hydrogen-bond acceptors (Lipinski definition) is 11. The van der Waals surface area contributed by atoms with E-state index in [9.17, 15) is 19.2 Å². The van der Waals surface area contributed by atoms with Gasteiger partial charge in [0.2, 0.25) is 0 Å². The van der Waals surface area contributed by atoms with Crippen LogP contribution in [0.25, 0.3) is 22.1 Å². The van der Waals surface area contributed by atoms with E-state index in [1.54, 1.807) is 13.1 Å². The lowest BCUT2D eigenvalue weighted by atomic mass is 10.2. The smallest absolute Gasteiger partial charge is 0.349 e. The second-order valence-electron chi connectivity index (χ2n) is 15.5. The van der Waals surface area contributed by atoms with Gasteiger partial charge in [0.05, 0.1) is 34.0 Å². The minimum absolute atomic E-state index is 0.0107. The van der Waals surface area contributed by atoms with Gasteiger partial charge < -0.3 is 31.3 Å².